The van der Waals surface area contributed by atoms with E-state index in [1.807, 2.05) is 44.2 Å². The van der Waals surface area contributed by atoms with Crippen molar-refractivity contribution in [1.82, 2.24) is 10.0 Å². The molecule has 4 nitrogen and oxygen atoms in total. The first kappa shape index (κ1) is 12.5. The summed E-state index contributed by atoms with van der Waals surface area (Å²) in [6.45, 7) is 3.93. The molecule has 1 rings (SSSR count). The van der Waals surface area contributed by atoms with E-state index in [-0.39, 0.29) is 0 Å². The van der Waals surface area contributed by atoms with Gasteiger partial charge in [-0.05, 0) is 19.4 Å². The van der Waals surface area contributed by atoms with Crippen LogP contribution in [0.3, 0.4) is 0 Å². The standard InChI is InChI=1S/C12H19N3O/c1-12(2,10-8-6-5-7-9-10)15(11(13)16)14(3)4/h5-9H,1-4H3,(H2,13,16). The lowest BCUT2D eigenvalue weighted by Crippen LogP contribution is -2.54. The van der Waals surface area contributed by atoms with E-state index in [4.69, 9.17) is 5.73 Å². The number of nitrogens with two attached hydrogens (primary N) is 1. The fraction of sp³-hybridized carbons (Fsp3) is 0.417. The molecule has 0 aliphatic carbocycles. The van der Waals surface area contributed by atoms with Crippen molar-refractivity contribution in [1.29, 1.82) is 0 Å². The van der Waals surface area contributed by atoms with Gasteiger partial charge in [0.1, 0.15) is 0 Å². The zero-order valence-corrected chi connectivity index (χ0v) is 10.3. The Bertz CT molecular complexity index is 360. The molecule has 4 heteroatoms. The normalized spacial score (nSPS) is 11.6. The largest absolute Gasteiger partial charge is 0.350 e. The second-order valence-corrected chi connectivity index (χ2v) is 4.42. The van der Waals surface area contributed by atoms with Gasteiger partial charge >= 0.3 is 6.03 Å². The van der Waals surface area contributed by atoms with E-state index in [2.05, 4.69) is 0 Å². The van der Waals surface area contributed by atoms with Crippen LogP contribution in [0.2, 0.25) is 0 Å². The third-order valence-corrected chi connectivity index (χ3v) is 2.62. The maximum Gasteiger partial charge on any atom is 0.330 e. The number of hydrogen-bond acceptors (Lipinski definition) is 2. The van der Waals surface area contributed by atoms with Gasteiger partial charge in [0.15, 0.2) is 0 Å². The minimum atomic E-state index is -0.462. The minimum Gasteiger partial charge on any atom is -0.350 e. The average molecular weight is 221 g/mol. The first-order valence-corrected chi connectivity index (χ1v) is 5.20. The highest BCUT2D eigenvalue weighted by atomic mass is 16.2. The van der Waals surface area contributed by atoms with E-state index in [0.29, 0.717) is 0 Å². The van der Waals surface area contributed by atoms with E-state index >= 15 is 0 Å². The molecule has 16 heavy (non-hydrogen) atoms. The summed E-state index contributed by atoms with van der Waals surface area (Å²) >= 11 is 0. The molecule has 0 radical (unpaired) electrons. The Morgan fingerprint density at radius 1 is 1.19 bits per heavy atom. The molecule has 0 aliphatic rings. The number of carbonyl (C=O) groups is 1. The minimum absolute atomic E-state index is 0.459. The molecule has 2 N–H and O–H groups in total. The topological polar surface area (TPSA) is 49.6 Å². The SMILES string of the molecule is CN(C)N(C(N)=O)C(C)(C)c1ccccc1. The number of urea groups is 1. The molecule has 0 saturated carbocycles. The van der Waals surface area contributed by atoms with Gasteiger partial charge in [0.2, 0.25) is 0 Å². The van der Waals surface area contributed by atoms with Crippen LogP contribution in [0, 0.1) is 0 Å². The van der Waals surface area contributed by atoms with E-state index in [9.17, 15) is 4.79 Å². The molecule has 1 aromatic carbocycles. The monoisotopic (exact) mass is 221 g/mol. The molecule has 0 bridgehead atoms. The van der Waals surface area contributed by atoms with Gasteiger partial charge in [-0.25, -0.2) is 14.8 Å². The predicted molar refractivity (Wildman–Crippen MR) is 64.6 cm³/mol. The lowest BCUT2D eigenvalue weighted by molar-refractivity contribution is -0.0159. The molecule has 0 spiro atoms. The summed E-state index contributed by atoms with van der Waals surface area (Å²) in [6.07, 6.45) is 0. The zero-order valence-electron chi connectivity index (χ0n) is 10.3. The van der Waals surface area contributed by atoms with Crippen molar-refractivity contribution in [3.05, 3.63) is 35.9 Å². The first-order chi connectivity index (χ1) is 7.37. The molecular formula is C12H19N3O. The molecule has 1 aromatic rings. The molecule has 2 amide bonds. The molecule has 0 unspecified atom stereocenters. The Morgan fingerprint density at radius 2 is 1.69 bits per heavy atom. The molecule has 0 fully saturated rings. The van der Waals surface area contributed by atoms with Gasteiger partial charge in [0, 0.05) is 14.1 Å². The number of primary amides is 1. The number of carbonyl (C=O) groups excluding carboxylic acids is 1. The molecule has 0 atom stereocenters. The van der Waals surface area contributed by atoms with Crippen LogP contribution in [0.25, 0.3) is 0 Å². The quantitative estimate of drug-likeness (QED) is 0.791. The maximum absolute atomic E-state index is 11.5. The van der Waals surface area contributed by atoms with Crippen LogP contribution in [-0.2, 0) is 5.54 Å². The van der Waals surface area contributed by atoms with Crippen LogP contribution < -0.4 is 5.73 Å². The third kappa shape index (κ3) is 2.33. The fourth-order valence-electron chi connectivity index (χ4n) is 1.94. The third-order valence-electron chi connectivity index (χ3n) is 2.62. The number of benzene rings is 1. The number of rotatable bonds is 3. The summed E-state index contributed by atoms with van der Waals surface area (Å²) in [5.74, 6) is 0. The summed E-state index contributed by atoms with van der Waals surface area (Å²) in [6, 6.07) is 9.36. The van der Waals surface area contributed by atoms with Crippen LogP contribution in [0.15, 0.2) is 30.3 Å². The van der Waals surface area contributed by atoms with Gasteiger partial charge in [-0.15, -0.1) is 0 Å². The number of hydrogen-bond donors (Lipinski definition) is 1. The van der Waals surface area contributed by atoms with Crippen LogP contribution in [0.5, 0.6) is 0 Å². The average Bonchev–Trinajstić information content (AvgIpc) is 2.17. The summed E-state index contributed by atoms with van der Waals surface area (Å²) < 4.78 is 0. The molecule has 88 valence electrons. The summed E-state index contributed by atoms with van der Waals surface area (Å²) in [4.78, 5) is 11.5. The lowest BCUT2D eigenvalue weighted by atomic mass is 9.94. The van der Waals surface area contributed by atoms with E-state index in [1.54, 1.807) is 19.1 Å². The highest BCUT2D eigenvalue weighted by Gasteiger charge is 2.33. The Labute approximate surface area is 96.6 Å². The highest BCUT2D eigenvalue weighted by Crippen LogP contribution is 2.27. The van der Waals surface area contributed by atoms with Crippen molar-refractivity contribution >= 4 is 6.03 Å². The molecule has 0 aromatic heterocycles. The van der Waals surface area contributed by atoms with Crippen molar-refractivity contribution < 1.29 is 4.79 Å². The van der Waals surface area contributed by atoms with Crippen LogP contribution >= 0.6 is 0 Å². The van der Waals surface area contributed by atoms with Gasteiger partial charge in [-0.1, -0.05) is 30.3 Å². The van der Waals surface area contributed by atoms with Crippen LogP contribution in [0.1, 0.15) is 19.4 Å². The Morgan fingerprint density at radius 3 is 2.06 bits per heavy atom. The molecule has 0 saturated heterocycles. The second-order valence-electron chi connectivity index (χ2n) is 4.42. The van der Waals surface area contributed by atoms with Crippen molar-refractivity contribution in [3.8, 4) is 0 Å². The van der Waals surface area contributed by atoms with Gasteiger partial charge in [-0.3, -0.25) is 0 Å². The molecular weight excluding hydrogens is 202 g/mol. The smallest absolute Gasteiger partial charge is 0.330 e. The summed E-state index contributed by atoms with van der Waals surface area (Å²) in [5.41, 5.74) is 5.99. The van der Waals surface area contributed by atoms with Crippen LogP contribution in [0.4, 0.5) is 4.79 Å². The zero-order chi connectivity index (χ0) is 12.3. The molecule has 0 aliphatic heterocycles. The van der Waals surface area contributed by atoms with E-state index in [1.165, 1.54) is 5.01 Å². The fourth-order valence-corrected chi connectivity index (χ4v) is 1.94. The van der Waals surface area contributed by atoms with Gasteiger partial charge in [0.25, 0.3) is 0 Å². The first-order valence-electron chi connectivity index (χ1n) is 5.20. The van der Waals surface area contributed by atoms with Crippen LogP contribution in [-0.4, -0.2) is 30.1 Å². The van der Waals surface area contributed by atoms with Gasteiger partial charge in [-0.2, -0.15) is 0 Å². The van der Waals surface area contributed by atoms with Gasteiger partial charge < -0.3 is 5.73 Å². The molecule has 0 heterocycles. The Hall–Kier alpha value is -1.55. The number of nitrogens with zero attached hydrogens (tertiary/aromatic N) is 2. The Kier molecular flexibility index (Phi) is 3.55. The van der Waals surface area contributed by atoms with Crippen molar-refractivity contribution in [3.63, 3.8) is 0 Å². The number of amides is 2. The highest BCUT2D eigenvalue weighted by molar-refractivity contribution is 5.72. The number of hydrazine groups is 1. The lowest BCUT2D eigenvalue weighted by Gasteiger charge is -2.41. The predicted octanol–water partition coefficient (Wildman–Crippen LogP) is 1.78. The van der Waals surface area contributed by atoms with Crippen molar-refractivity contribution in [2.24, 2.45) is 5.73 Å². The van der Waals surface area contributed by atoms with Gasteiger partial charge in [0.05, 0.1) is 5.54 Å². The summed E-state index contributed by atoms with van der Waals surface area (Å²) in [5, 5.41) is 3.23. The second kappa shape index (κ2) is 4.53. The van der Waals surface area contributed by atoms with Crippen molar-refractivity contribution in [2.75, 3.05) is 14.1 Å². The van der Waals surface area contributed by atoms with E-state index in [0.717, 1.165) is 5.56 Å². The van der Waals surface area contributed by atoms with Crippen molar-refractivity contribution in [2.45, 2.75) is 19.4 Å². The Balaban J connectivity index is 3.13. The summed E-state index contributed by atoms with van der Waals surface area (Å²) in [7, 11) is 3.60. The maximum atomic E-state index is 11.5. The van der Waals surface area contributed by atoms with E-state index < -0.39 is 11.6 Å².